The van der Waals surface area contributed by atoms with Gasteiger partial charge in [-0.25, -0.2) is 4.98 Å². The summed E-state index contributed by atoms with van der Waals surface area (Å²) < 4.78 is 1.97. The van der Waals surface area contributed by atoms with Crippen molar-refractivity contribution >= 4 is 5.91 Å². The Bertz CT molecular complexity index is 475. The zero-order chi connectivity index (χ0) is 16.9. The summed E-state index contributed by atoms with van der Waals surface area (Å²) in [7, 11) is 1.96. The second kappa shape index (κ2) is 7.77. The number of rotatable bonds is 7. The molecule has 0 aliphatic rings. The van der Waals surface area contributed by atoms with Gasteiger partial charge in [0.05, 0.1) is 12.6 Å². The van der Waals surface area contributed by atoms with E-state index in [-0.39, 0.29) is 29.3 Å². The summed E-state index contributed by atoms with van der Waals surface area (Å²) in [4.78, 5) is 16.9. The second-order valence-electron chi connectivity index (χ2n) is 7.29. The van der Waals surface area contributed by atoms with Crippen LogP contribution in [0.2, 0.25) is 0 Å². The Morgan fingerprint density at radius 1 is 1.36 bits per heavy atom. The Hall–Kier alpha value is -1.36. The number of nitrogens with zero attached hydrogens (tertiary/aromatic N) is 2. The smallest absolute Gasteiger partial charge is 0.237 e. The Balaban J connectivity index is 2.71. The summed E-state index contributed by atoms with van der Waals surface area (Å²) in [6.07, 6.45) is 4.64. The minimum absolute atomic E-state index is 0.0509. The quantitative estimate of drug-likeness (QED) is 0.813. The highest BCUT2D eigenvalue weighted by Gasteiger charge is 2.28. The van der Waals surface area contributed by atoms with Gasteiger partial charge in [-0.2, -0.15) is 0 Å². The Morgan fingerprint density at radius 3 is 2.45 bits per heavy atom. The highest BCUT2D eigenvalue weighted by molar-refractivity contribution is 5.82. The average molecular weight is 308 g/mol. The molecule has 0 radical (unpaired) electrons. The van der Waals surface area contributed by atoms with Crippen molar-refractivity contribution in [1.82, 2.24) is 20.2 Å². The molecule has 2 N–H and O–H groups in total. The number of carbonyl (C=O) groups is 1. The van der Waals surface area contributed by atoms with Crippen molar-refractivity contribution in [2.75, 3.05) is 0 Å². The van der Waals surface area contributed by atoms with E-state index in [1.807, 2.05) is 17.8 Å². The van der Waals surface area contributed by atoms with Crippen molar-refractivity contribution in [3.63, 3.8) is 0 Å². The fourth-order valence-corrected chi connectivity index (χ4v) is 2.08. The zero-order valence-electron chi connectivity index (χ0n) is 15.1. The van der Waals surface area contributed by atoms with E-state index in [0.29, 0.717) is 6.54 Å². The van der Waals surface area contributed by atoms with Crippen LogP contribution in [-0.4, -0.2) is 27.5 Å². The number of hydrogen-bond acceptors (Lipinski definition) is 3. The number of aromatic nitrogens is 2. The topological polar surface area (TPSA) is 59.0 Å². The maximum Gasteiger partial charge on any atom is 0.237 e. The molecule has 5 nitrogen and oxygen atoms in total. The third kappa shape index (κ3) is 5.13. The number of nitrogens with one attached hydrogen (secondary N) is 2. The first kappa shape index (κ1) is 18.7. The first-order chi connectivity index (χ1) is 10.2. The van der Waals surface area contributed by atoms with Crippen LogP contribution in [0.25, 0.3) is 0 Å². The molecule has 1 aromatic heterocycles. The maximum atomic E-state index is 12.6. The summed E-state index contributed by atoms with van der Waals surface area (Å²) in [5, 5.41) is 6.53. The van der Waals surface area contributed by atoms with Gasteiger partial charge in [0.15, 0.2) is 0 Å². The highest BCUT2D eigenvalue weighted by Crippen LogP contribution is 2.19. The third-order valence-electron chi connectivity index (χ3n) is 4.55. The van der Waals surface area contributed by atoms with Crippen LogP contribution in [-0.2, 0) is 18.4 Å². The molecule has 0 saturated carbocycles. The van der Waals surface area contributed by atoms with Gasteiger partial charge in [-0.3, -0.25) is 10.1 Å². The molecule has 1 rings (SSSR count). The summed E-state index contributed by atoms with van der Waals surface area (Å²) in [5.74, 6) is 1.28. The first-order valence-electron chi connectivity index (χ1n) is 8.16. The van der Waals surface area contributed by atoms with Crippen molar-refractivity contribution in [3.05, 3.63) is 18.2 Å². The van der Waals surface area contributed by atoms with Gasteiger partial charge in [0, 0.05) is 25.5 Å². The summed E-state index contributed by atoms with van der Waals surface area (Å²) >= 11 is 0. The number of imidazole rings is 1. The molecule has 22 heavy (non-hydrogen) atoms. The van der Waals surface area contributed by atoms with Crippen LogP contribution >= 0.6 is 0 Å². The van der Waals surface area contributed by atoms with Crippen LogP contribution in [0.3, 0.4) is 0 Å². The standard InChI is InChI=1S/C17H32N4O/c1-8-12(2)15(16(22)20-13(3)17(4,5)6)19-11-14-18-9-10-21(14)7/h9-10,12-13,15,19H,8,11H2,1-7H3,(H,20,22)/t12-,13+,15?/m0/s1. The van der Waals surface area contributed by atoms with E-state index in [1.54, 1.807) is 6.20 Å². The molecule has 0 spiro atoms. The normalized spacial score (nSPS) is 16.1. The Labute approximate surface area is 134 Å². The van der Waals surface area contributed by atoms with Crippen molar-refractivity contribution in [1.29, 1.82) is 0 Å². The molecule has 3 atom stereocenters. The van der Waals surface area contributed by atoms with E-state index in [9.17, 15) is 4.79 Å². The molecule has 5 heteroatoms. The second-order valence-corrected chi connectivity index (χ2v) is 7.29. The molecule has 0 fully saturated rings. The van der Waals surface area contributed by atoms with Crippen LogP contribution in [0.1, 0.15) is 53.8 Å². The van der Waals surface area contributed by atoms with Crippen LogP contribution in [0.15, 0.2) is 12.4 Å². The van der Waals surface area contributed by atoms with Crippen molar-refractivity contribution in [2.24, 2.45) is 18.4 Å². The van der Waals surface area contributed by atoms with Gasteiger partial charge in [0.2, 0.25) is 5.91 Å². The van der Waals surface area contributed by atoms with Crippen molar-refractivity contribution in [2.45, 2.75) is 66.6 Å². The van der Waals surface area contributed by atoms with E-state index >= 15 is 0 Å². The highest BCUT2D eigenvalue weighted by atomic mass is 16.2. The van der Waals surface area contributed by atoms with Gasteiger partial charge >= 0.3 is 0 Å². The predicted molar refractivity (Wildman–Crippen MR) is 90.4 cm³/mol. The molecular weight excluding hydrogens is 276 g/mol. The van der Waals surface area contributed by atoms with Gasteiger partial charge in [-0.15, -0.1) is 0 Å². The lowest BCUT2D eigenvalue weighted by molar-refractivity contribution is -0.125. The van der Waals surface area contributed by atoms with Crippen LogP contribution in [0.4, 0.5) is 0 Å². The lowest BCUT2D eigenvalue weighted by Gasteiger charge is -2.31. The monoisotopic (exact) mass is 308 g/mol. The van der Waals surface area contributed by atoms with Crippen LogP contribution in [0, 0.1) is 11.3 Å². The molecule has 1 unspecified atom stereocenters. The minimum atomic E-state index is -0.202. The molecular formula is C17H32N4O. The average Bonchev–Trinajstić information content (AvgIpc) is 2.83. The fourth-order valence-electron chi connectivity index (χ4n) is 2.08. The number of amides is 1. The lowest BCUT2D eigenvalue weighted by Crippen LogP contribution is -2.52. The molecule has 0 aliphatic carbocycles. The Kier molecular flexibility index (Phi) is 6.60. The van der Waals surface area contributed by atoms with E-state index in [4.69, 9.17) is 0 Å². The summed E-state index contributed by atoms with van der Waals surface area (Å²) in [6, 6.07) is -0.0759. The molecule has 1 heterocycles. The summed E-state index contributed by atoms with van der Waals surface area (Å²) in [5.41, 5.74) is 0.0509. The molecule has 0 bridgehead atoms. The largest absolute Gasteiger partial charge is 0.352 e. The van der Waals surface area contributed by atoms with Crippen molar-refractivity contribution < 1.29 is 4.79 Å². The lowest BCUT2D eigenvalue weighted by atomic mass is 9.87. The first-order valence-corrected chi connectivity index (χ1v) is 8.16. The molecule has 1 amide bonds. The van der Waals surface area contributed by atoms with E-state index in [2.05, 4.69) is 57.2 Å². The SMILES string of the molecule is CC[C@H](C)C(NCc1nccn1C)C(=O)N[C@H](C)C(C)(C)C. The van der Waals surface area contributed by atoms with Gasteiger partial charge in [0.1, 0.15) is 5.82 Å². The zero-order valence-corrected chi connectivity index (χ0v) is 15.1. The van der Waals surface area contributed by atoms with E-state index < -0.39 is 0 Å². The van der Waals surface area contributed by atoms with E-state index in [0.717, 1.165) is 12.2 Å². The van der Waals surface area contributed by atoms with Gasteiger partial charge in [-0.05, 0) is 18.3 Å². The number of carbonyl (C=O) groups excluding carboxylic acids is 1. The minimum Gasteiger partial charge on any atom is -0.352 e. The molecule has 0 aliphatic heterocycles. The molecule has 0 saturated heterocycles. The molecule has 126 valence electrons. The van der Waals surface area contributed by atoms with Gasteiger partial charge in [-0.1, -0.05) is 41.0 Å². The molecule has 1 aromatic rings. The number of hydrogen-bond donors (Lipinski definition) is 2. The number of aryl methyl sites for hydroxylation is 1. The van der Waals surface area contributed by atoms with Crippen LogP contribution in [0.5, 0.6) is 0 Å². The van der Waals surface area contributed by atoms with Gasteiger partial charge < -0.3 is 9.88 Å². The molecule has 0 aromatic carbocycles. The Morgan fingerprint density at radius 2 is 2.00 bits per heavy atom. The van der Waals surface area contributed by atoms with Gasteiger partial charge in [0.25, 0.3) is 0 Å². The predicted octanol–water partition coefficient (Wildman–Crippen LogP) is 2.48. The van der Waals surface area contributed by atoms with Crippen molar-refractivity contribution in [3.8, 4) is 0 Å². The fraction of sp³-hybridized carbons (Fsp3) is 0.765. The summed E-state index contributed by atoms with van der Waals surface area (Å²) in [6.45, 7) is 13.3. The van der Waals surface area contributed by atoms with Crippen LogP contribution < -0.4 is 10.6 Å². The third-order valence-corrected chi connectivity index (χ3v) is 4.55. The van der Waals surface area contributed by atoms with E-state index in [1.165, 1.54) is 0 Å². The maximum absolute atomic E-state index is 12.6.